The van der Waals surface area contributed by atoms with E-state index in [1.165, 1.54) is 33.4 Å². The Morgan fingerprint density at radius 3 is 2.05 bits per heavy atom. The molecule has 0 heterocycles. The summed E-state index contributed by atoms with van der Waals surface area (Å²) < 4.78 is 0. The fraction of sp³-hybridized carbons (Fsp3) is 0.400. The van der Waals surface area contributed by atoms with E-state index in [2.05, 4.69) is 64.1 Å². The summed E-state index contributed by atoms with van der Waals surface area (Å²) in [6, 6.07) is 13.2. The summed E-state index contributed by atoms with van der Waals surface area (Å²) in [5.74, 6) is 0.506. The van der Waals surface area contributed by atoms with Gasteiger partial charge in [-0.25, -0.2) is 0 Å². The van der Waals surface area contributed by atoms with Crippen LogP contribution in [0.15, 0.2) is 36.4 Å². The largest absolute Gasteiger partial charge is 0.330 e. The lowest BCUT2D eigenvalue weighted by Crippen LogP contribution is -2.20. The third-order valence-corrected chi connectivity index (χ3v) is 4.44. The lowest BCUT2D eigenvalue weighted by molar-refractivity contribution is 0.529. The van der Waals surface area contributed by atoms with Crippen molar-refractivity contribution in [2.24, 2.45) is 11.7 Å². The summed E-state index contributed by atoms with van der Waals surface area (Å²) in [7, 11) is 0. The predicted octanol–water partition coefficient (Wildman–Crippen LogP) is 4.28. The molecule has 21 heavy (non-hydrogen) atoms. The van der Waals surface area contributed by atoms with Crippen LogP contribution in [0.3, 0.4) is 0 Å². The Hall–Kier alpha value is -1.60. The molecule has 1 nitrogen and oxygen atoms in total. The number of aryl methyl sites for hydroxylation is 4. The lowest BCUT2D eigenvalue weighted by Gasteiger charge is -2.19. The average Bonchev–Trinajstić information content (AvgIpc) is 2.43. The van der Waals surface area contributed by atoms with Gasteiger partial charge in [-0.3, -0.25) is 0 Å². The van der Waals surface area contributed by atoms with Crippen molar-refractivity contribution in [1.29, 1.82) is 0 Å². The van der Waals surface area contributed by atoms with Crippen molar-refractivity contribution in [3.05, 3.63) is 69.8 Å². The molecule has 0 amide bonds. The maximum Gasteiger partial charge on any atom is -0.00425 e. The molecule has 0 saturated heterocycles. The van der Waals surface area contributed by atoms with Crippen molar-refractivity contribution in [3.8, 4) is 0 Å². The second-order valence-electron chi connectivity index (χ2n) is 6.31. The van der Waals surface area contributed by atoms with Gasteiger partial charge in [0.2, 0.25) is 0 Å². The Bertz CT molecular complexity index is 590. The van der Waals surface area contributed by atoms with E-state index < -0.39 is 0 Å². The van der Waals surface area contributed by atoms with Gasteiger partial charge in [-0.2, -0.15) is 0 Å². The Balaban J connectivity index is 2.19. The van der Waals surface area contributed by atoms with Gasteiger partial charge in [-0.1, -0.05) is 42.0 Å². The summed E-state index contributed by atoms with van der Waals surface area (Å²) in [5.41, 5.74) is 14.5. The van der Waals surface area contributed by atoms with E-state index in [1.54, 1.807) is 0 Å². The van der Waals surface area contributed by atoms with E-state index in [1.807, 2.05) is 0 Å². The highest BCUT2D eigenvalue weighted by atomic mass is 14.5. The molecular weight excluding hydrogens is 254 g/mol. The smallest absolute Gasteiger partial charge is 0.00425 e. The van der Waals surface area contributed by atoms with Gasteiger partial charge in [0, 0.05) is 0 Å². The first-order valence-corrected chi connectivity index (χ1v) is 7.82. The fourth-order valence-electron chi connectivity index (χ4n) is 3.21. The van der Waals surface area contributed by atoms with Gasteiger partial charge in [-0.15, -0.1) is 0 Å². The summed E-state index contributed by atoms with van der Waals surface area (Å²) in [6.07, 6.45) is 2.14. The van der Waals surface area contributed by atoms with Crippen LogP contribution in [0.2, 0.25) is 0 Å². The highest BCUT2D eigenvalue weighted by molar-refractivity contribution is 5.38. The Morgan fingerprint density at radius 1 is 0.857 bits per heavy atom. The average molecular weight is 281 g/mol. The summed E-state index contributed by atoms with van der Waals surface area (Å²) in [6.45, 7) is 9.53. The minimum atomic E-state index is 0.506. The Labute approximate surface area is 129 Å². The van der Waals surface area contributed by atoms with Gasteiger partial charge >= 0.3 is 0 Å². The molecule has 1 heteroatoms. The number of nitrogens with two attached hydrogens (primary N) is 1. The van der Waals surface area contributed by atoms with Gasteiger partial charge in [0.05, 0.1) is 0 Å². The van der Waals surface area contributed by atoms with Gasteiger partial charge < -0.3 is 5.73 Å². The van der Waals surface area contributed by atoms with Gasteiger partial charge in [0.15, 0.2) is 0 Å². The van der Waals surface area contributed by atoms with Crippen molar-refractivity contribution in [2.75, 3.05) is 6.54 Å². The van der Waals surface area contributed by atoms with Crippen LogP contribution in [0.1, 0.15) is 33.4 Å². The molecule has 2 aromatic rings. The summed E-state index contributed by atoms with van der Waals surface area (Å²) in [5, 5.41) is 0. The maximum atomic E-state index is 6.05. The first-order valence-electron chi connectivity index (χ1n) is 7.82. The molecule has 0 bridgehead atoms. The molecule has 2 aromatic carbocycles. The maximum absolute atomic E-state index is 6.05. The van der Waals surface area contributed by atoms with Crippen molar-refractivity contribution in [2.45, 2.75) is 40.5 Å². The molecule has 1 unspecified atom stereocenters. The first kappa shape index (κ1) is 15.8. The van der Waals surface area contributed by atoms with Crippen LogP contribution in [-0.4, -0.2) is 6.54 Å². The van der Waals surface area contributed by atoms with Gasteiger partial charge in [0.1, 0.15) is 0 Å². The third-order valence-electron chi connectivity index (χ3n) is 4.44. The Kier molecular flexibility index (Phi) is 5.19. The van der Waals surface area contributed by atoms with E-state index >= 15 is 0 Å². The van der Waals surface area contributed by atoms with Crippen LogP contribution in [0.25, 0.3) is 0 Å². The van der Waals surface area contributed by atoms with E-state index in [-0.39, 0.29) is 0 Å². The molecule has 112 valence electrons. The van der Waals surface area contributed by atoms with Crippen LogP contribution >= 0.6 is 0 Å². The SMILES string of the molecule is Cc1cc(C)c(CC(CN)Cc2ccccc2C)c(C)c1. The van der Waals surface area contributed by atoms with E-state index in [4.69, 9.17) is 5.73 Å². The normalized spacial score (nSPS) is 12.4. The molecular formula is C20H27N. The van der Waals surface area contributed by atoms with Crippen molar-refractivity contribution in [3.63, 3.8) is 0 Å². The van der Waals surface area contributed by atoms with Gasteiger partial charge in [-0.05, 0) is 80.8 Å². The van der Waals surface area contributed by atoms with E-state index in [0.717, 1.165) is 19.4 Å². The molecule has 0 aromatic heterocycles. The zero-order valence-electron chi connectivity index (χ0n) is 13.7. The number of hydrogen-bond donors (Lipinski definition) is 1. The molecule has 2 N–H and O–H groups in total. The second kappa shape index (κ2) is 6.91. The second-order valence-corrected chi connectivity index (χ2v) is 6.31. The zero-order valence-corrected chi connectivity index (χ0v) is 13.7. The van der Waals surface area contributed by atoms with E-state index in [0.29, 0.717) is 5.92 Å². The molecule has 1 atom stereocenters. The quantitative estimate of drug-likeness (QED) is 0.869. The highest BCUT2D eigenvalue weighted by Crippen LogP contribution is 2.22. The fourth-order valence-corrected chi connectivity index (χ4v) is 3.21. The molecule has 0 fully saturated rings. The van der Waals surface area contributed by atoms with Gasteiger partial charge in [0.25, 0.3) is 0 Å². The third kappa shape index (κ3) is 3.95. The monoisotopic (exact) mass is 281 g/mol. The molecule has 0 saturated carbocycles. The summed E-state index contributed by atoms with van der Waals surface area (Å²) >= 11 is 0. The zero-order chi connectivity index (χ0) is 15.4. The van der Waals surface area contributed by atoms with Crippen molar-refractivity contribution < 1.29 is 0 Å². The van der Waals surface area contributed by atoms with Crippen molar-refractivity contribution >= 4 is 0 Å². The van der Waals surface area contributed by atoms with Crippen molar-refractivity contribution in [1.82, 2.24) is 0 Å². The minimum Gasteiger partial charge on any atom is -0.330 e. The number of hydrogen-bond acceptors (Lipinski definition) is 1. The Morgan fingerprint density at radius 2 is 1.48 bits per heavy atom. The molecule has 0 radical (unpaired) electrons. The van der Waals surface area contributed by atoms with Crippen LogP contribution < -0.4 is 5.73 Å². The van der Waals surface area contributed by atoms with E-state index in [9.17, 15) is 0 Å². The molecule has 0 aliphatic heterocycles. The van der Waals surface area contributed by atoms with Crippen LogP contribution in [0.5, 0.6) is 0 Å². The summed E-state index contributed by atoms with van der Waals surface area (Å²) in [4.78, 5) is 0. The minimum absolute atomic E-state index is 0.506. The topological polar surface area (TPSA) is 26.0 Å². The first-order chi connectivity index (χ1) is 10.0. The van der Waals surface area contributed by atoms with Crippen LogP contribution in [-0.2, 0) is 12.8 Å². The highest BCUT2D eigenvalue weighted by Gasteiger charge is 2.13. The molecule has 0 spiro atoms. The standard InChI is InChI=1S/C20H27N/c1-14-9-16(3)20(17(4)10-14)12-18(13-21)11-19-8-6-5-7-15(19)2/h5-10,18H,11-13,21H2,1-4H3. The molecule has 2 rings (SSSR count). The number of benzene rings is 2. The molecule has 0 aliphatic carbocycles. The number of rotatable bonds is 5. The lowest BCUT2D eigenvalue weighted by atomic mass is 9.87. The van der Waals surface area contributed by atoms with Crippen LogP contribution in [0, 0.1) is 33.6 Å². The molecule has 0 aliphatic rings. The predicted molar refractivity (Wildman–Crippen MR) is 91.8 cm³/mol. The van der Waals surface area contributed by atoms with Crippen LogP contribution in [0.4, 0.5) is 0 Å².